The van der Waals surface area contributed by atoms with E-state index in [0.29, 0.717) is 17.1 Å². The number of benzene rings is 4. The molecule has 4 aromatic rings. The molecule has 0 aliphatic rings. The van der Waals surface area contributed by atoms with Gasteiger partial charge in [0.05, 0.1) is 51.2 Å². The normalized spacial score (nSPS) is 15.6. The molecule has 3 amide bonds. The van der Waals surface area contributed by atoms with Gasteiger partial charge < -0.3 is 51.8 Å². The summed E-state index contributed by atoms with van der Waals surface area (Å²) in [5, 5.41) is 28.9. The number of ketones is 2. The minimum Gasteiger partial charge on any atom is -0.497 e. The lowest BCUT2D eigenvalue weighted by atomic mass is 9.78. The summed E-state index contributed by atoms with van der Waals surface area (Å²) in [4.78, 5) is 71.1. The summed E-state index contributed by atoms with van der Waals surface area (Å²) in [5.74, 6) is -3.48. The average Bonchev–Trinajstić information content (AvgIpc) is 3.28. The van der Waals surface area contributed by atoms with Crippen LogP contribution in [0.3, 0.4) is 0 Å². The number of carbonyl (C=O) groups is 5. The molecule has 9 N–H and O–H groups in total. The van der Waals surface area contributed by atoms with E-state index in [1.165, 1.54) is 44.7 Å². The third-order valence-electron chi connectivity index (χ3n) is 9.85. The molecule has 1 unspecified atom stereocenters. The maximum atomic E-state index is 15.5. The van der Waals surface area contributed by atoms with Crippen molar-refractivity contribution in [2.75, 3.05) is 19.5 Å². The number of thioether (sulfide) groups is 1. The molecule has 0 saturated heterocycles. The van der Waals surface area contributed by atoms with Crippen molar-refractivity contribution in [2.24, 2.45) is 11.5 Å². The first kappa shape index (κ1) is 49.2. The maximum Gasteiger partial charge on any atom is 0.245 e. The zero-order valence-corrected chi connectivity index (χ0v) is 36.1. The molecular formula is C46H57N5O10S. The summed E-state index contributed by atoms with van der Waals surface area (Å²) in [5.41, 5.74) is 12.0. The van der Waals surface area contributed by atoms with Crippen LogP contribution >= 0.6 is 11.8 Å². The summed E-state index contributed by atoms with van der Waals surface area (Å²) >= 11 is 1.27. The number of rotatable bonds is 25. The van der Waals surface area contributed by atoms with Gasteiger partial charge in [-0.3, -0.25) is 24.0 Å². The van der Waals surface area contributed by atoms with Crippen LogP contribution in [0.15, 0.2) is 115 Å². The molecule has 15 nitrogen and oxygen atoms in total. The van der Waals surface area contributed by atoms with Crippen LogP contribution in [0.1, 0.15) is 43.0 Å². The van der Waals surface area contributed by atoms with Crippen molar-refractivity contribution in [3.63, 3.8) is 0 Å². The van der Waals surface area contributed by atoms with Crippen molar-refractivity contribution in [2.45, 2.75) is 87.8 Å². The summed E-state index contributed by atoms with van der Waals surface area (Å²) in [7, 11) is 1.55. The Morgan fingerprint density at radius 3 is 1.73 bits per heavy atom. The van der Waals surface area contributed by atoms with Gasteiger partial charge in [-0.05, 0) is 55.2 Å². The predicted molar refractivity (Wildman–Crippen MR) is 235 cm³/mol. The van der Waals surface area contributed by atoms with E-state index in [9.17, 15) is 29.4 Å². The van der Waals surface area contributed by atoms with Gasteiger partial charge in [0.2, 0.25) is 23.3 Å². The molecule has 0 radical (unpaired) electrons. The Labute approximate surface area is 366 Å². The van der Waals surface area contributed by atoms with Gasteiger partial charge in [0.15, 0.2) is 11.6 Å². The second-order valence-electron chi connectivity index (χ2n) is 14.8. The SMILES string of the molecule is COc1ccc(CSC[C@H](NC(=O)[C@H](COCc2ccccc2)NC(=O)[C@@H](NC(=O)[C@H](C)N)[C@@H](C)O)C(=O)C(OCc2ccccc2)(C(=O)[C@@H](N)[C@@H](C)O)c2ccccc2)cc1. The standard InChI is InChI=1S/C46H57N5O10S/c1-29(47)43(56)51-40(31(3)53)45(58)49-37(26-60-24-32-14-8-5-9-15-32)44(57)50-38(28-62-27-34-20-22-36(59-4)23-21-34)41(54)46(35-18-12-7-13-19-35,42(55)39(48)30(2)52)61-25-33-16-10-6-11-17-33/h5-23,29-31,37-40,52-53H,24-28,47-48H2,1-4H3,(H,49,58)(H,50,57)(H,51,56)/t29-,30+,31+,37-,38-,39-,40-,46?/m0/s1. The molecule has 0 bridgehead atoms. The number of methoxy groups -OCH3 is 1. The van der Waals surface area contributed by atoms with Crippen molar-refractivity contribution in [3.05, 3.63) is 138 Å². The first-order chi connectivity index (χ1) is 29.7. The fourth-order valence-corrected chi connectivity index (χ4v) is 7.26. The molecule has 0 aliphatic carbocycles. The highest BCUT2D eigenvalue weighted by Gasteiger charge is 2.54. The molecule has 62 heavy (non-hydrogen) atoms. The first-order valence-electron chi connectivity index (χ1n) is 20.1. The van der Waals surface area contributed by atoms with Crippen LogP contribution in [0.25, 0.3) is 0 Å². The number of nitrogens with two attached hydrogens (primary N) is 2. The van der Waals surface area contributed by atoms with Crippen LogP contribution < -0.4 is 32.2 Å². The molecule has 16 heteroatoms. The Balaban J connectivity index is 1.79. The highest BCUT2D eigenvalue weighted by atomic mass is 32.2. The van der Waals surface area contributed by atoms with Crippen molar-refractivity contribution in [3.8, 4) is 5.75 Å². The Morgan fingerprint density at radius 2 is 1.19 bits per heavy atom. The summed E-state index contributed by atoms with van der Waals surface area (Å²) in [6.07, 6.45) is -2.81. The zero-order valence-electron chi connectivity index (χ0n) is 35.3. The average molecular weight is 872 g/mol. The van der Waals surface area contributed by atoms with E-state index in [4.69, 9.17) is 25.7 Å². The van der Waals surface area contributed by atoms with Crippen LogP contribution in [0, 0.1) is 0 Å². The molecule has 0 heterocycles. The lowest BCUT2D eigenvalue weighted by Gasteiger charge is -2.37. The van der Waals surface area contributed by atoms with Crippen LogP contribution in [0.4, 0.5) is 0 Å². The van der Waals surface area contributed by atoms with E-state index in [1.807, 2.05) is 42.5 Å². The van der Waals surface area contributed by atoms with Gasteiger partial charge in [-0.15, -0.1) is 0 Å². The largest absolute Gasteiger partial charge is 0.497 e. The minimum atomic E-state index is -2.46. The van der Waals surface area contributed by atoms with Gasteiger partial charge in [0.1, 0.15) is 23.9 Å². The fourth-order valence-electron chi connectivity index (χ4n) is 6.24. The number of ether oxygens (including phenoxy) is 3. The number of Topliss-reactive ketones (excluding diaryl/α,β-unsaturated/α-hetero) is 2. The molecule has 332 valence electrons. The number of carbonyl (C=O) groups excluding carboxylic acids is 5. The Kier molecular flexibility index (Phi) is 19.2. The van der Waals surface area contributed by atoms with Crippen LogP contribution in [0.2, 0.25) is 0 Å². The van der Waals surface area contributed by atoms with Crippen molar-refractivity contribution >= 4 is 41.0 Å². The Morgan fingerprint density at radius 1 is 0.645 bits per heavy atom. The third kappa shape index (κ3) is 13.8. The second-order valence-corrected chi connectivity index (χ2v) is 15.8. The van der Waals surface area contributed by atoms with E-state index in [-0.39, 0.29) is 24.5 Å². The van der Waals surface area contributed by atoms with E-state index in [2.05, 4.69) is 16.0 Å². The molecule has 0 spiro atoms. The van der Waals surface area contributed by atoms with Gasteiger partial charge in [0.25, 0.3) is 0 Å². The fraction of sp³-hybridized carbons (Fsp3) is 0.370. The molecule has 0 fully saturated rings. The third-order valence-corrected chi connectivity index (χ3v) is 11.0. The van der Waals surface area contributed by atoms with Gasteiger partial charge in [-0.2, -0.15) is 11.8 Å². The van der Waals surface area contributed by atoms with E-state index in [0.717, 1.165) is 11.1 Å². The maximum absolute atomic E-state index is 15.5. The van der Waals surface area contributed by atoms with E-state index >= 15 is 4.79 Å². The monoisotopic (exact) mass is 871 g/mol. The number of hydrogen-bond acceptors (Lipinski definition) is 13. The summed E-state index contributed by atoms with van der Waals surface area (Å²) in [6.45, 7) is 3.40. The van der Waals surface area contributed by atoms with Gasteiger partial charge in [-0.1, -0.05) is 103 Å². The van der Waals surface area contributed by atoms with Crippen LogP contribution in [-0.2, 0) is 58.0 Å². The van der Waals surface area contributed by atoms with Crippen LogP contribution in [-0.4, -0.2) is 101 Å². The van der Waals surface area contributed by atoms with Gasteiger partial charge in [0, 0.05) is 11.5 Å². The van der Waals surface area contributed by atoms with Crippen molar-refractivity contribution < 1.29 is 48.4 Å². The molecule has 0 aromatic heterocycles. The number of amides is 3. The quantitative estimate of drug-likeness (QED) is 0.0474. The van der Waals surface area contributed by atoms with Crippen molar-refractivity contribution in [1.82, 2.24) is 16.0 Å². The van der Waals surface area contributed by atoms with E-state index in [1.54, 1.807) is 67.8 Å². The summed E-state index contributed by atoms with van der Waals surface area (Å²) < 4.78 is 17.7. The lowest BCUT2D eigenvalue weighted by Crippen LogP contribution is -2.63. The molecule has 4 rings (SSSR count). The molecular weight excluding hydrogens is 815 g/mol. The topological polar surface area (TPSA) is 242 Å². The first-order valence-corrected chi connectivity index (χ1v) is 21.3. The predicted octanol–water partition coefficient (Wildman–Crippen LogP) is 2.29. The molecule has 8 atom stereocenters. The van der Waals surface area contributed by atoms with Crippen LogP contribution in [0.5, 0.6) is 5.75 Å². The Hall–Kier alpha value is -5.46. The second kappa shape index (κ2) is 24.2. The zero-order chi connectivity index (χ0) is 45.2. The number of hydrogen-bond donors (Lipinski definition) is 7. The minimum absolute atomic E-state index is 0.0397. The number of aliphatic hydroxyl groups is 2. The lowest BCUT2D eigenvalue weighted by molar-refractivity contribution is -0.165. The molecule has 0 saturated carbocycles. The van der Waals surface area contributed by atoms with E-state index < -0.39 is 83.9 Å². The number of nitrogens with one attached hydrogen (secondary N) is 3. The summed E-state index contributed by atoms with van der Waals surface area (Å²) in [6, 6.07) is 26.0. The molecule has 4 aromatic carbocycles. The number of aliphatic hydroxyl groups excluding tert-OH is 2. The Bertz CT molecular complexity index is 2040. The highest BCUT2D eigenvalue weighted by Crippen LogP contribution is 2.34. The highest BCUT2D eigenvalue weighted by molar-refractivity contribution is 7.98. The smallest absolute Gasteiger partial charge is 0.245 e. The van der Waals surface area contributed by atoms with Crippen molar-refractivity contribution in [1.29, 1.82) is 0 Å². The van der Waals surface area contributed by atoms with Gasteiger partial charge >= 0.3 is 0 Å². The van der Waals surface area contributed by atoms with Gasteiger partial charge in [-0.25, -0.2) is 0 Å². The molecule has 0 aliphatic heterocycles.